The largest absolute Gasteiger partial charge is 0.355 e. The highest BCUT2D eigenvalue weighted by atomic mass is 35.5. The fourth-order valence-electron chi connectivity index (χ4n) is 3.06. The Hall–Kier alpha value is -0.770. The van der Waals surface area contributed by atoms with E-state index in [0.29, 0.717) is 22.6 Å². The van der Waals surface area contributed by atoms with E-state index in [1.165, 1.54) is 0 Å². The number of hydrogen-bond donors (Lipinski definition) is 2. The third kappa shape index (κ3) is 4.15. The molecular formula is C17H24Cl2N2O. The molecule has 5 heteroatoms. The van der Waals surface area contributed by atoms with Gasteiger partial charge in [-0.05, 0) is 44.0 Å². The van der Waals surface area contributed by atoms with E-state index in [0.717, 1.165) is 24.9 Å². The van der Waals surface area contributed by atoms with Crippen LogP contribution in [0.25, 0.3) is 0 Å². The lowest BCUT2D eigenvalue weighted by Gasteiger charge is -2.31. The molecule has 1 aliphatic heterocycles. The van der Waals surface area contributed by atoms with Crippen molar-refractivity contribution in [3.8, 4) is 0 Å². The van der Waals surface area contributed by atoms with E-state index < -0.39 is 0 Å². The molecule has 1 saturated heterocycles. The van der Waals surface area contributed by atoms with E-state index in [1.54, 1.807) is 0 Å². The van der Waals surface area contributed by atoms with Crippen LogP contribution in [0, 0.1) is 5.92 Å². The Morgan fingerprint density at radius 2 is 2.00 bits per heavy atom. The topological polar surface area (TPSA) is 41.1 Å². The van der Waals surface area contributed by atoms with Crippen LogP contribution >= 0.6 is 23.2 Å². The number of carbonyl (C=O) groups excluding carboxylic acids is 1. The molecule has 2 N–H and O–H groups in total. The van der Waals surface area contributed by atoms with Crippen LogP contribution in [-0.4, -0.2) is 25.0 Å². The van der Waals surface area contributed by atoms with Crippen LogP contribution in [0.4, 0.5) is 0 Å². The van der Waals surface area contributed by atoms with Gasteiger partial charge in [0.05, 0.1) is 0 Å². The van der Waals surface area contributed by atoms with Crippen molar-refractivity contribution in [3.63, 3.8) is 0 Å². The van der Waals surface area contributed by atoms with E-state index in [4.69, 9.17) is 23.2 Å². The molecule has 1 aromatic carbocycles. The van der Waals surface area contributed by atoms with Gasteiger partial charge >= 0.3 is 0 Å². The number of carbonyl (C=O) groups is 1. The maximum absolute atomic E-state index is 12.4. The van der Waals surface area contributed by atoms with Crippen molar-refractivity contribution in [3.05, 3.63) is 33.8 Å². The zero-order valence-electron chi connectivity index (χ0n) is 13.4. The molecule has 0 radical (unpaired) electrons. The first-order chi connectivity index (χ1) is 10.3. The molecule has 1 aromatic rings. The highest BCUT2D eigenvalue weighted by Gasteiger charge is 2.29. The molecule has 0 aliphatic carbocycles. The molecule has 1 heterocycles. The van der Waals surface area contributed by atoms with Crippen molar-refractivity contribution in [2.24, 2.45) is 5.92 Å². The molecule has 0 saturated carbocycles. The first-order valence-electron chi connectivity index (χ1n) is 7.77. The molecule has 0 spiro atoms. The molecule has 122 valence electrons. The quantitative estimate of drug-likeness (QED) is 0.874. The standard InChI is InChI=1S/C17H24Cl2N2O/c1-11-9-12(7-8-20-11)16(22)21-10-17(2,3)15-13(18)5-4-6-14(15)19/h4-6,11-12,20H,7-10H2,1-3H3,(H,21,22)/t11-,12-/m0/s1. The summed E-state index contributed by atoms with van der Waals surface area (Å²) >= 11 is 12.6. The van der Waals surface area contributed by atoms with Crippen LogP contribution in [0.15, 0.2) is 18.2 Å². The maximum atomic E-state index is 12.4. The number of halogens is 2. The third-order valence-corrected chi connectivity index (χ3v) is 4.97. The van der Waals surface area contributed by atoms with Crippen LogP contribution in [-0.2, 0) is 10.2 Å². The van der Waals surface area contributed by atoms with Crippen LogP contribution in [0.3, 0.4) is 0 Å². The molecule has 1 aliphatic rings. The minimum Gasteiger partial charge on any atom is -0.355 e. The first kappa shape index (κ1) is 17.6. The van der Waals surface area contributed by atoms with Gasteiger partial charge in [-0.25, -0.2) is 0 Å². The van der Waals surface area contributed by atoms with Gasteiger partial charge in [0.2, 0.25) is 5.91 Å². The molecule has 0 unspecified atom stereocenters. The molecule has 3 nitrogen and oxygen atoms in total. The van der Waals surface area contributed by atoms with Gasteiger partial charge in [-0.1, -0.05) is 43.1 Å². The van der Waals surface area contributed by atoms with Crippen molar-refractivity contribution in [2.75, 3.05) is 13.1 Å². The maximum Gasteiger partial charge on any atom is 0.223 e. The second kappa shape index (κ2) is 7.20. The number of piperidine rings is 1. The molecule has 2 atom stereocenters. The fraction of sp³-hybridized carbons (Fsp3) is 0.588. The Bertz CT molecular complexity index is 525. The average molecular weight is 343 g/mol. The Morgan fingerprint density at radius 1 is 1.36 bits per heavy atom. The predicted octanol–water partition coefficient (Wildman–Crippen LogP) is 3.78. The van der Waals surface area contributed by atoms with Crippen molar-refractivity contribution in [1.29, 1.82) is 0 Å². The summed E-state index contributed by atoms with van der Waals surface area (Å²) in [6.07, 6.45) is 1.78. The summed E-state index contributed by atoms with van der Waals surface area (Å²) in [5.41, 5.74) is 0.571. The lowest BCUT2D eigenvalue weighted by Crippen LogP contribution is -2.45. The van der Waals surface area contributed by atoms with Crippen LogP contribution in [0.1, 0.15) is 39.2 Å². The second-order valence-electron chi connectivity index (χ2n) is 6.77. The zero-order valence-corrected chi connectivity index (χ0v) is 14.9. The Morgan fingerprint density at radius 3 is 2.59 bits per heavy atom. The van der Waals surface area contributed by atoms with Crippen LogP contribution in [0.5, 0.6) is 0 Å². The Balaban J connectivity index is 2.02. The summed E-state index contributed by atoms with van der Waals surface area (Å²) in [5.74, 6) is 0.221. The molecule has 0 aromatic heterocycles. The molecule has 0 bridgehead atoms. The zero-order chi connectivity index (χ0) is 16.3. The van der Waals surface area contributed by atoms with Crippen molar-refractivity contribution >= 4 is 29.1 Å². The molecule has 1 fully saturated rings. The van der Waals surface area contributed by atoms with Gasteiger partial charge in [-0.15, -0.1) is 0 Å². The van der Waals surface area contributed by atoms with Gasteiger partial charge in [-0.3, -0.25) is 4.79 Å². The lowest BCUT2D eigenvalue weighted by atomic mass is 9.84. The van der Waals surface area contributed by atoms with E-state index in [-0.39, 0.29) is 17.2 Å². The highest BCUT2D eigenvalue weighted by molar-refractivity contribution is 6.36. The minimum absolute atomic E-state index is 0.0915. The summed E-state index contributed by atoms with van der Waals surface area (Å²) in [6.45, 7) is 7.64. The summed E-state index contributed by atoms with van der Waals surface area (Å²) in [4.78, 5) is 12.4. The fourth-order valence-corrected chi connectivity index (χ4v) is 3.96. The van der Waals surface area contributed by atoms with Gasteiger partial charge < -0.3 is 10.6 Å². The van der Waals surface area contributed by atoms with Gasteiger partial charge in [0.15, 0.2) is 0 Å². The summed E-state index contributed by atoms with van der Waals surface area (Å²) in [6, 6.07) is 5.90. The molecule has 2 rings (SSSR count). The number of hydrogen-bond acceptors (Lipinski definition) is 2. The Kier molecular flexibility index (Phi) is 5.76. The van der Waals surface area contributed by atoms with Gasteiger partial charge in [0, 0.05) is 34.0 Å². The van der Waals surface area contributed by atoms with Crippen molar-refractivity contribution in [1.82, 2.24) is 10.6 Å². The molecular weight excluding hydrogens is 319 g/mol. The molecule has 22 heavy (non-hydrogen) atoms. The summed E-state index contributed by atoms with van der Waals surface area (Å²) in [7, 11) is 0. The van der Waals surface area contributed by atoms with E-state index >= 15 is 0 Å². The number of amides is 1. The first-order valence-corrected chi connectivity index (χ1v) is 8.52. The van der Waals surface area contributed by atoms with E-state index in [2.05, 4.69) is 17.6 Å². The lowest BCUT2D eigenvalue weighted by molar-refractivity contribution is -0.126. The van der Waals surface area contributed by atoms with Crippen LogP contribution < -0.4 is 10.6 Å². The van der Waals surface area contributed by atoms with Gasteiger partial charge in [-0.2, -0.15) is 0 Å². The monoisotopic (exact) mass is 342 g/mol. The second-order valence-corrected chi connectivity index (χ2v) is 7.59. The van der Waals surface area contributed by atoms with Gasteiger partial charge in [0.25, 0.3) is 0 Å². The highest BCUT2D eigenvalue weighted by Crippen LogP contribution is 2.35. The third-order valence-electron chi connectivity index (χ3n) is 4.34. The number of rotatable bonds is 4. The molecule has 1 amide bonds. The summed E-state index contributed by atoms with van der Waals surface area (Å²) in [5, 5.41) is 7.73. The van der Waals surface area contributed by atoms with Crippen molar-refractivity contribution in [2.45, 2.75) is 45.1 Å². The van der Waals surface area contributed by atoms with Gasteiger partial charge in [0.1, 0.15) is 0 Å². The van der Waals surface area contributed by atoms with E-state index in [1.807, 2.05) is 32.0 Å². The van der Waals surface area contributed by atoms with Crippen LogP contribution in [0.2, 0.25) is 10.0 Å². The normalized spacial score (nSPS) is 22.4. The number of nitrogens with one attached hydrogen (secondary N) is 2. The number of benzene rings is 1. The average Bonchev–Trinajstić information content (AvgIpc) is 2.44. The smallest absolute Gasteiger partial charge is 0.223 e. The summed E-state index contributed by atoms with van der Waals surface area (Å²) < 4.78 is 0. The predicted molar refractivity (Wildman–Crippen MR) is 92.7 cm³/mol. The minimum atomic E-state index is -0.316. The SMILES string of the molecule is C[C@H]1C[C@@H](C(=O)NCC(C)(C)c2c(Cl)cccc2Cl)CCN1. The Labute approximate surface area is 142 Å². The van der Waals surface area contributed by atoms with Crippen molar-refractivity contribution < 1.29 is 4.79 Å². The van der Waals surface area contributed by atoms with E-state index in [9.17, 15) is 4.79 Å².